The number of hydrogen-bond donors (Lipinski definition) is 2. The molecular weight excluding hydrogens is 150 g/mol. The standard InChI is InChI=1S/C7H13NO.ClH/c1-6-2-3-8-7(4-6)5-9;/h7-9H,1-5H2;1H. The van der Waals surface area contributed by atoms with Gasteiger partial charge in [-0.05, 0) is 19.4 Å². The van der Waals surface area contributed by atoms with Crippen LogP contribution in [0.15, 0.2) is 12.2 Å². The second-order valence-electron chi connectivity index (χ2n) is 2.54. The zero-order valence-electron chi connectivity index (χ0n) is 5.97. The van der Waals surface area contributed by atoms with Gasteiger partial charge >= 0.3 is 0 Å². The van der Waals surface area contributed by atoms with Crippen molar-refractivity contribution in [2.75, 3.05) is 13.2 Å². The third-order valence-corrected chi connectivity index (χ3v) is 1.67. The molecule has 2 nitrogen and oxygen atoms in total. The number of rotatable bonds is 1. The van der Waals surface area contributed by atoms with Crippen molar-refractivity contribution in [1.29, 1.82) is 0 Å². The second kappa shape index (κ2) is 4.72. The fourth-order valence-electron chi connectivity index (χ4n) is 1.10. The first kappa shape index (κ1) is 9.95. The van der Waals surface area contributed by atoms with Gasteiger partial charge in [0.05, 0.1) is 6.61 Å². The van der Waals surface area contributed by atoms with Gasteiger partial charge in [0, 0.05) is 6.04 Å². The molecule has 1 unspecified atom stereocenters. The molecule has 0 aromatic rings. The van der Waals surface area contributed by atoms with Crippen molar-refractivity contribution in [1.82, 2.24) is 5.32 Å². The number of hydrogen-bond acceptors (Lipinski definition) is 2. The van der Waals surface area contributed by atoms with E-state index in [-0.39, 0.29) is 25.1 Å². The summed E-state index contributed by atoms with van der Waals surface area (Å²) in [6.45, 7) is 5.07. The van der Waals surface area contributed by atoms with Crippen LogP contribution >= 0.6 is 12.4 Å². The van der Waals surface area contributed by atoms with Gasteiger partial charge in [-0.2, -0.15) is 0 Å². The molecule has 3 heteroatoms. The average Bonchev–Trinajstić information content (AvgIpc) is 1.88. The van der Waals surface area contributed by atoms with Gasteiger partial charge in [0.1, 0.15) is 0 Å². The van der Waals surface area contributed by atoms with E-state index in [1.165, 1.54) is 5.57 Å². The zero-order valence-corrected chi connectivity index (χ0v) is 6.78. The maximum Gasteiger partial charge on any atom is 0.0587 e. The molecule has 0 aliphatic carbocycles. The first-order valence-corrected chi connectivity index (χ1v) is 3.34. The average molecular weight is 164 g/mol. The quantitative estimate of drug-likeness (QED) is 0.558. The fraction of sp³-hybridized carbons (Fsp3) is 0.714. The Labute approximate surface area is 67.7 Å². The molecule has 1 rings (SSSR count). The first-order valence-electron chi connectivity index (χ1n) is 3.34. The van der Waals surface area contributed by atoms with Gasteiger partial charge in [-0.3, -0.25) is 0 Å². The highest BCUT2D eigenvalue weighted by Crippen LogP contribution is 2.11. The summed E-state index contributed by atoms with van der Waals surface area (Å²) in [4.78, 5) is 0. The van der Waals surface area contributed by atoms with E-state index >= 15 is 0 Å². The zero-order chi connectivity index (χ0) is 6.69. The second-order valence-corrected chi connectivity index (χ2v) is 2.54. The topological polar surface area (TPSA) is 32.3 Å². The van der Waals surface area contributed by atoms with Gasteiger partial charge in [0.25, 0.3) is 0 Å². The molecule has 0 aromatic carbocycles. The van der Waals surface area contributed by atoms with E-state index in [2.05, 4.69) is 11.9 Å². The van der Waals surface area contributed by atoms with Gasteiger partial charge in [-0.15, -0.1) is 12.4 Å². The molecule has 0 amide bonds. The summed E-state index contributed by atoms with van der Waals surface area (Å²) >= 11 is 0. The molecule has 10 heavy (non-hydrogen) atoms. The summed E-state index contributed by atoms with van der Waals surface area (Å²) in [5.41, 5.74) is 1.26. The third kappa shape index (κ3) is 2.69. The summed E-state index contributed by atoms with van der Waals surface area (Å²) in [7, 11) is 0. The van der Waals surface area contributed by atoms with Crippen LogP contribution in [-0.2, 0) is 0 Å². The molecule has 0 spiro atoms. The van der Waals surface area contributed by atoms with Crippen LogP contribution in [0.2, 0.25) is 0 Å². The Balaban J connectivity index is 0.000000810. The molecule has 1 atom stereocenters. The molecule has 1 saturated heterocycles. The normalized spacial score (nSPS) is 25.7. The highest BCUT2D eigenvalue weighted by Gasteiger charge is 2.12. The van der Waals surface area contributed by atoms with Crippen molar-refractivity contribution < 1.29 is 5.11 Å². The van der Waals surface area contributed by atoms with E-state index in [9.17, 15) is 0 Å². The number of halogens is 1. The molecule has 2 N–H and O–H groups in total. The van der Waals surface area contributed by atoms with Crippen molar-refractivity contribution in [3.8, 4) is 0 Å². The maximum atomic E-state index is 8.71. The van der Waals surface area contributed by atoms with Crippen LogP contribution in [0.5, 0.6) is 0 Å². The SMILES string of the molecule is C=C1CCNC(CO)C1.Cl. The number of piperidine rings is 1. The van der Waals surface area contributed by atoms with E-state index in [0.29, 0.717) is 0 Å². The van der Waals surface area contributed by atoms with Crippen LogP contribution in [0.3, 0.4) is 0 Å². The summed E-state index contributed by atoms with van der Waals surface area (Å²) in [5, 5.41) is 11.9. The Morgan fingerprint density at radius 2 is 2.40 bits per heavy atom. The summed E-state index contributed by atoms with van der Waals surface area (Å²) < 4.78 is 0. The van der Waals surface area contributed by atoms with Crippen molar-refractivity contribution in [3.05, 3.63) is 12.2 Å². The van der Waals surface area contributed by atoms with Crippen molar-refractivity contribution >= 4 is 12.4 Å². The number of aliphatic hydroxyl groups excluding tert-OH is 1. The fourth-order valence-corrected chi connectivity index (χ4v) is 1.10. The molecule has 0 aromatic heterocycles. The highest BCUT2D eigenvalue weighted by atomic mass is 35.5. The molecule has 0 saturated carbocycles. The molecule has 0 radical (unpaired) electrons. The molecule has 1 heterocycles. The maximum absolute atomic E-state index is 8.71. The lowest BCUT2D eigenvalue weighted by atomic mass is 10.0. The Morgan fingerprint density at radius 3 is 2.80 bits per heavy atom. The summed E-state index contributed by atoms with van der Waals surface area (Å²) in [6, 6.07) is 0.270. The van der Waals surface area contributed by atoms with Crippen molar-refractivity contribution in [2.45, 2.75) is 18.9 Å². The predicted octanol–water partition coefficient (Wildman–Crippen LogP) is 0.709. The van der Waals surface area contributed by atoms with Crippen molar-refractivity contribution in [2.24, 2.45) is 0 Å². The molecule has 0 bridgehead atoms. The van der Waals surface area contributed by atoms with Gasteiger partial charge < -0.3 is 10.4 Å². The number of nitrogens with one attached hydrogen (secondary N) is 1. The smallest absolute Gasteiger partial charge is 0.0587 e. The van der Waals surface area contributed by atoms with E-state index < -0.39 is 0 Å². The van der Waals surface area contributed by atoms with E-state index in [1.54, 1.807) is 0 Å². The molecule has 1 aliphatic heterocycles. The molecule has 60 valence electrons. The van der Waals surface area contributed by atoms with Gasteiger partial charge in [0.2, 0.25) is 0 Å². The molecule has 1 aliphatic rings. The van der Waals surface area contributed by atoms with Crippen LogP contribution in [0.25, 0.3) is 0 Å². The minimum Gasteiger partial charge on any atom is -0.395 e. The van der Waals surface area contributed by atoms with E-state index in [0.717, 1.165) is 19.4 Å². The summed E-state index contributed by atoms with van der Waals surface area (Å²) in [6.07, 6.45) is 2.01. The predicted molar refractivity (Wildman–Crippen MR) is 44.5 cm³/mol. The van der Waals surface area contributed by atoms with Crippen LogP contribution < -0.4 is 5.32 Å². The molecular formula is C7H14ClNO. The lowest BCUT2D eigenvalue weighted by Crippen LogP contribution is -2.37. The van der Waals surface area contributed by atoms with Crippen LogP contribution in [-0.4, -0.2) is 24.3 Å². The lowest BCUT2D eigenvalue weighted by Gasteiger charge is -2.22. The van der Waals surface area contributed by atoms with Crippen molar-refractivity contribution in [3.63, 3.8) is 0 Å². The Hall–Kier alpha value is -0.0500. The van der Waals surface area contributed by atoms with E-state index in [4.69, 9.17) is 5.11 Å². The minimum atomic E-state index is 0. The summed E-state index contributed by atoms with van der Waals surface area (Å²) in [5.74, 6) is 0. The number of aliphatic hydroxyl groups is 1. The Kier molecular flexibility index (Phi) is 4.69. The Bertz CT molecular complexity index is 116. The largest absolute Gasteiger partial charge is 0.395 e. The van der Waals surface area contributed by atoms with Crippen LogP contribution in [0.1, 0.15) is 12.8 Å². The third-order valence-electron chi connectivity index (χ3n) is 1.67. The highest BCUT2D eigenvalue weighted by molar-refractivity contribution is 5.85. The van der Waals surface area contributed by atoms with Gasteiger partial charge in [0.15, 0.2) is 0 Å². The van der Waals surface area contributed by atoms with Gasteiger partial charge in [-0.25, -0.2) is 0 Å². The Morgan fingerprint density at radius 1 is 1.70 bits per heavy atom. The first-order chi connectivity index (χ1) is 4.33. The van der Waals surface area contributed by atoms with E-state index in [1.807, 2.05) is 0 Å². The monoisotopic (exact) mass is 163 g/mol. The minimum absolute atomic E-state index is 0. The lowest BCUT2D eigenvalue weighted by molar-refractivity contribution is 0.234. The molecule has 1 fully saturated rings. The van der Waals surface area contributed by atoms with Gasteiger partial charge in [-0.1, -0.05) is 12.2 Å². The van der Waals surface area contributed by atoms with Crippen LogP contribution in [0.4, 0.5) is 0 Å². The van der Waals surface area contributed by atoms with Crippen LogP contribution in [0, 0.1) is 0 Å².